The Morgan fingerprint density at radius 3 is 2.95 bits per heavy atom. The van der Waals surface area contributed by atoms with Crippen LogP contribution in [0.25, 0.3) is 22.2 Å². The SMILES string of the molecule is COc1nc2oc3c(=O)[nH]cnc3c2c2c1CCC(C)(C)C2. The standard InChI is InChI=1S/C16H17N3O3/c1-16(2)5-4-8-9(6-16)10-11-12(13(20)18-7-17-11)22-15(10)19-14(8)21-3/h7H,4-6H2,1-3H3,(H,17,18,20). The van der Waals surface area contributed by atoms with Gasteiger partial charge in [0.1, 0.15) is 5.52 Å². The second kappa shape index (κ2) is 4.32. The Hall–Kier alpha value is -2.37. The Kier molecular flexibility index (Phi) is 2.61. The molecule has 3 aromatic heterocycles. The predicted octanol–water partition coefficient (Wildman–Crippen LogP) is 2.59. The molecule has 22 heavy (non-hydrogen) atoms. The molecule has 0 aliphatic heterocycles. The molecular weight excluding hydrogens is 282 g/mol. The fourth-order valence-corrected chi connectivity index (χ4v) is 3.35. The minimum Gasteiger partial charge on any atom is -0.481 e. The minimum atomic E-state index is -0.286. The van der Waals surface area contributed by atoms with Crippen LogP contribution in [0.3, 0.4) is 0 Å². The van der Waals surface area contributed by atoms with Crippen LogP contribution < -0.4 is 10.3 Å². The van der Waals surface area contributed by atoms with Crippen LogP contribution in [0, 0.1) is 5.41 Å². The second-order valence-corrected chi connectivity index (χ2v) is 6.61. The quantitative estimate of drug-likeness (QED) is 0.747. The first-order valence-corrected chi connectivity index (χ1v) is 7.36. The number of ether oxygens (including phenoxy) is 1. The fraction of sp³-hybridized carbons (Fsp3) is 0.438. The molecule has 0 aromatic carbocycles. The van der Waals surface area contributed by atoms with Crippen LogP contribution in [0.1, 0.15) is 31.4 Å². The van der Waals surface area contributed by atoms with Crippen LogP contribution in [0.2, 0.25) is 0 Å². The number of pyridine rings is 1. The highest BCUT2D eigenvalue weighted by molar-refractivity contribution is 6.03. The summed E-state index contributed by atoms with van der Waals surface area (Å²) >= 11 is 0. The van der Waals surface area contributed by atoms with E-state index in [1.165, 1.54) is 6.33 Å². The fourth-order valence-electron chi connectivity index (χ4n) is 3.35. The number of aromatic nitrogens is 3. The molecule has 0 spiro atoms. The first-order chi connectivity index (χ1) is 10.5. The Labute approximate surface area is 126 Å². The van der Waals surface area contributed by atoms with Crippen LogP contribution in [-0.4, -0.2) is 22.1 Å². The van der Waals surface area contributed by atoms with Crippen molar-refractivity contribution in [2.24, 2.45) is 5.41 Å². The Bertz CT molecular complexity index is 953. The summed E-state index contributed by atoms with van der Waals surface area (Å²) in [6.45, 7) is 4.49. The van der Waals surface area contributed by atoms with Crippen LogP contribution in [-0.2, 0) is 12.8 Å². The number of H-pyrrole nitrogens is 1. The van der Waals surface area contributed by atoms with Crippen LogP contribution >= 0.6 is 0 Å². The van der Waals surface area contributed by atoms with Gasteiger partial charge in [-0.05, 0) is 30.2 Å². The number of furan rings is 1. The summed E-state index contributed by atoms with van der Waals surface area (Å²) < 4.78 is 11.1. The van der Waals surface area contributed by atoms with Crippen molar-refractivity contribution >= 4 is 22.2 Å². The van der Waals surface area contributed by atoms with Gasteiger partial charge in [-0.25, -0.2) is 4.98 Å². The van der Waals surface area contributed by atoms with Crippen molar-refractivity contribution in [1.82, 2.24) is 15.0 Å². The van der Waals surface area contributed by atoms with Gasteiger partial charge in [-0.15, -0.1) is 0 Å². The lowest BCUT2D eigenvalue weighted by Gasteiger charge is -2.31. The first-order valence-electron chi connectivity index (χ1n) is 7.36. The van der Waals surface area contributed by atoms with Gasteiger partial charge in [0.05, 0.1) is 18.8 Å². The number of nitrogens with one attached hydrogen (secondary N) is 1. The molecule has 6 nitrogen and oxygen atoms in total. The van der Waals surface area contributed by atoms with Crippen molar-refractivity contribution in [3.63, 3.8) is 0 Å². The van der Waals surface area contributed by atoms with E-state index in [4.69, 9.17) is 9.15 Å². The Morgan fingerprint density at radius 2 is 2.18 bits per heavy atom. The van der Waals surface area contributed by atoms with E-state index in [0.29, 0.717) is 17.1 Å². The van der Waals surface area contributed by atoms with Gasteiger partial charge in [-0.2, -0.15) is 4.98 Å². The highest BCUT2D eigenvalue weighted by Crippen LogP contribution is 2.42. The molecule has 0 atom stereocenters. The van der Waals surface area contributed by atoms with Gasteiger partial charge in [0.2, 0.25) is 17.2 Å². The maximum Gasteiger partial charge on any atom is 0.294 e. The van der Waals surface area contributed by atoms with Crippen LogP contribution in [0.4, 0.5) is 0 Å². The van der Waals surface area contributed by atoms with E-state index in [1.54, 1.807) is 7.11 Å². The van der Waals surface area contributed by atoms with Gasteiger partial charge in [0.15, 0.2) is 0 Å². The zero-order chi connectivity index (χ0) is 15.5. The molecule has 0 saturated carbocycles. The van der Waals surface area contributed by atoms with Gasteiger partial charge in [-0.1, -0.05) is 13.8 Å². The molecular formula is C16H17N3O3. The average molecular weight is 299 g/mol. The zero-order valence-electron chi connectivity index (χ0n) is 12.8. The summed E-state index contributed by atoms with van der Waals surface area (Å²) in [6.07, 6.45) is 4.28. The van der Waals surface area contributed by atoms with E-state index in [9.17, 15) is 4.79 Å². The highest BCUT2D eigenvalue weighted by atomic mass is 16.5. The summed E-state index contributed by atoms with van der Waals surface area (Å²) in [5.41, 5.74) is 3.40. The largest absolute Gasteiger partial charge is 0.481 e. The lowest BCUT2D eigenvalue weighted by atomic mass is 9.74. The molecule has 0 fully saturated rings. The molecule has 114 valence electrons. The smallest absolute Gasteiger partial charge is 0.294 e. The molecule has 6 heteroatoms. The van der Waals surface area contributed by atoms with Crippen molar-refractivity contribution in [1.29, 1.82) is 0 Å². The van der Waals surface area contributed by atoms with E-state index in [2.05, 4.69) is 28.8 Å². The van der Waals surface area contributed by atoms with Crippen molar-refractivity contribution in [2.75, 3.05) is 7.11 Å². The maximum atomic E-state index is 11.9. The van der Waals surface area contributed by atoms with Gasteiger partial charge < -0.3 is 14.1 Å². The van der Waals surface area contributed by atoms with E-state index in [0.717, 1.165) is 35.8 Å². The number of hydrogen-bond donors (Lipinski definition) is 1. The molecule has 0 saturated heterocycles. The number of rotatable bonds is 1. The number of fused-ring (bicyclic) bond motifs is 5. The molecule has 4 rings (SSSR count). The third-order valence-electron chi connectivity index (χ3n) is 4.49. The molecule has 1 aliphatic carbocycles. The number of aromatic amines is 1. The van der Waals surface area contributed by atoms with Crippen molar-refractivity contribution in [2.45, 2.75) is 33.1 Å². The number of hydrogen-bond acceptors (Lipinski definition) is 5. The second-order valence-electron chi connectivity index (χ2n) is 6.61. The van der Waals surface area contributed by atoms with Crippen LogP contribution in [0.5, 0.6) is 5.88 Å². The third kappa shape index (κ3) is 1.76. The van der Waals surface area contributed by atoms with E-state index < -0.39 is 0 Å². The maximum absolute atomic E-state index is 11.9. The first kappa shape index (κ1) is 13.3. The lowest BCUT2D eigenvalue weighted by molar-refractivity contribution is 0.307. The molecule has 0 bridgehead atoms. The van der Waals surface area contributed by atoms with Crippen molar-refractivity contribution < 1.29 is 9.15 Å². The minimum absolute atomic E-state index is 0.192. The van der Waals surface area contributed by atoms with E-state index >= 15 is 0 Å². The summed E-state index contributed by atoms with van der Waals surface area (Å²) in [4.78, 5) is 23.3. The summed E-state index contributed by atoms with van der Waals surface area (Å²) in [5, 5.41) is 0.852. The summed E-state index contributed by atoms with van der Waals surface area (Å²) in [5.74, 6) is 0.591. The Morgan fingerprint density at radius 1 is 1.36 bits per heavy atom. The molecule has 3 aromatic rings. The van der Waals surface area contributed by atoms with Gasteiger partial charge in [0, 0.05) is 5.56 Å². The van der Waals surface area contributed by atoms with Gasteiger partial charge in [0.25, 0.3) is 5.56 Å². The molecule has 1 aliphatic rings. The van der Waals surface area contributed by atoms with E-state index in [-0.39, 0.29) is 16.6 Å². The summed E-state index contributed by atoms with van der Waals surface area (Å²) in [7, 11) is 1.61. The normalized spacial score (nSPS) is 16.9. The molecule has 1 N–H and O–H groups in total. The Balaban J connectivity index is 2.17. The molecule has 0 amide bonds. The average Bonchev–Trinajstić information content (AvgIpc) is 2.85. The van der Waals surface area contributed by atoms with Crippen LogP contribution in [0.15, 0.2) is 15.5 Å². The zero-order valence-corrected chi connectivity index (χ0v) is 12.8. The topological polar surface area (TPSA) is 81.0 Å². The van der Waals surface area contributed by atoms with E-state index in [1.807, 2.05) is 0 Å². The molecule has 3 heterocycles. The van der Waals surface area contributed by atoms with Gasteiger partial charge in [-0.3, -0.25) is 4.79 Å². The molecule has 0 radical (unpaired) electrons. The van der Waals surface area contributed by atoms with Gasteiger partial charge >= 0.3 is 0 Å². The third-order valence-corrected chi connectivity index (χ3v) is 4.49. The highest BCUT2D eigenvalue weighted by Gasteiger charge is 2.31. The van der Waals surface area contributed by atoms with Crippen molar-refractivity contribution in [3.8, 4) is 5.88 Å². The number of nitrogens with zero attached hydrogens (tertiary/aromatic N) is 2. The summed E-state index contributed by atoms with van der Waals surface area (Å²) in [6, 6.07) is 0. The predicted molar refractivity (Wildman–Crippen MR) is 82.3 cm³/mol. The lowest BCUT2D eigenvalue weighted by Crippen LogP contribution is -2.23. The molecule has 0 unspecified atom stereocenters. The monoisotopic (exact) mass is 299 g/mol. The number of methoxy groups -OCH3 is 1. The van der Waals surface area contributed by atoms with Crippen molar-refractivity contribution in [3.05, 3.63) is 27.8 Å².